The van der Waals surface area contributed by atoms with Crippen LogP contribution in [0.5, 0.6) is 0 Å². The molecule has 0 unspecified atom stereocenters. The molecule has 3 aromatic rings. The number of anilines is 1. The fourth-order valence-corrected chi connectivity index (χ4v) is 1.89. The van der Waals surface area contributed by atoms with Gasteiger partial charge in [-0.2, -0.15) is 0 Å². The van der Waals surface area contributed by atoms with Crippen LogP contribution in [0.2, 0.25) is 0 Å². The Morgan fingerprint density at radius 1 is 0.944 bits per heavy atom. The van der Waals surface area contributed by atoms with Crippen molar-refractivity contribution in [1.29, 1.82) is 0 Å². The lowest BCUT2D eigenvalue weighted by atomic mass is 10.2. The quantitative estimate of drug-likeness (QED) is 0.757. The number of nitrogens with one attached hydrogen (secondary N) is 1. The summed E-state index contributed by atoms with van der Waals surface area (Å²) in [4.78, 5) is 8.31. The Morgan fingerprint density at radius 3 is 2.72 bits per heavy atom. The Balaban J connectivity index is 1.79. The molecule has 0 atom stereocenters. The van der Waals surface area contributed by atoms with Gasteiger partial charge in [0, 0.05) is 36.2 Å². The summed E-state index contributed by atoms with van der Waals surface area (Å²) in [7, 11) is 0. The first-order valence-corrected chi connectivity index (χ1v) is 5.89. The fraction of sp³-hybridized carbons (Fsp3) is 0.0667. The van der Waals surface area contributed by atoms with Crippen LogP contribution < -0.4 is 5.32 Å². The average Bonchev–Trinajstić information content (AvgIpc) is 2.46. The van der Waals surface area contributed by atoms with Gasteiger partial charge in [-0.15, -0.1) is 0 Å². The number of nitrogens with zero attached hydrogens (tertiary/aromatic N) is 2. The molecular weight excluding hydrogens is 222 g/mol. The second-order valence-corrected chi connectivity index (χ2v) is 4.12. The molecule has 3 heteroatoms. The van der Waals surface area contributed by atoms with Crippen LogP contribution in [0.25, 0.3) is 10.9 Å². The number of hydrogen-bond donors (Lipinski definition) is 1. The molecule has 2 heterocycles. The Morgan fingerprint density at radius 2 is 1.83 bits per heavy atom. The first kappa shape index (κ1) is 10.7. The molecule has 18 heavy (non-hydrogen) atoms. The predicted molar refractivity (Wildman–Crippen MR) is 73.3 cm³/mol. The van der Waals surface area contributed by atoms with Gasteiger partial charge in [0.15, 0.2) is 0 Å². The molecule has 0 saturated heterocycles. The normalized spacial score (nSPS) is 10.4. The number of benzene rings is 1. The fourth-order valence-electron chi connectivity index (χ4n) is 1.89. The van der Waals surface area contributed by atoms with Gasteiger partial charge in [0.2, 0.25) is 0 Å². The van der Waals surface area contributed by atoms with Crippen molar-refractivity contribution in [3.8, 4) is 0 Å². The molecule has 0 bridgehead atoms. The molecule has 2 aromatic heterocycles. The number of aromatic nitrogens is 2. The van der Waals surface area contributed by atoms with Crippen LogP contribution >= 0.6 is 0 Å². The van der Waals surface area contributed by atoms with Crippen molar-refractivity contribution in [2.75, 3.05) is 5.32 Å². The van der Waals surface area contributed by atoms with Gasteiger partial charge in [-0.05, 0) is 42.0 Å². The zero-order valence-corrected chi connectivity index (χ0v) is 9.88. The largest absolute Gasteiger partial charge is 0.381 e. The van der Waals surface area contributed by atoms with E-state index in [1.165, 1.54) is 5.56 Å². The molecule has 0 saturated carbocycles. The monoisotopic (exact) mass is 235 g/mol. The summed E-state index contributed by atoms with van der Waals surface area (Å²) in [6, 6.07) is 14.2. The predicted octanol–water partition coefficient (Wildman–Crippen LogP) is 3.24. The van der Waals surface area contributed by atoms with E-state index < -0.39 is 0 Å². The van der Waals surface area contributed by atoms with E-state index in [1.54, 1.807) is 12.4 Å². The maximum absolute atomic E-state index is 4.30. The standard InChI is InChI=1S/C15H13N3/c1-2-13-10-14(3-4-15(13)17-7-1)18-11-12-5-8-16-9-6-12/h1-10,18H,11H2. The van der Waals surface area contributed by atoms with E-state index in [9.17, 15) is 0 Å². The maximum Gasteiger partial charge on any atom is 0.0703 e. The van der Waals surface area contributed by atoms with Crippen molar-refractivity contribution in [3.63, 3.8) is 0 Å². The lowest BCUT2D eigenvalue weighted by Gasteiger charge is -2.07. The van der Waals surface area contributed by atoms with Crippen molar-refractivity contribution in [2.24, 2.45) is 0 Å². The van der Waals surface area contributed by atoms with Crippen LogP contribution in [0.15, 0.2) is 61.1 Å². The van der Waals surface area contributed by atoms with Crippen molar-refractivity contribution in [3.05, 3.63) is 66.6 Å². The highest BCUT2D eigenvalue weighted by atomic mass is 14.9. The van der Waals surface area contributed by atoms with Gasteiger partial charge in [0.1, 0.15) is 0 Å². The third-order valence-electron chi connectivity index (χ3n) is 2.85. The van der Waals surface area contributed by atoms with Gasteiger partial charge in [-0.3, -0.25) is 9.97 Å². The van der Waals surface area contributed by atoms with Crippen LogP contribution in [-0.2, 0) is 6.54 Å². The minimum absolute atomic E-state index is 0.800. The second-order valence-electron chi connectivity index (χ2n) is 4.12. The van der Waals surface area contributed by atoms with Gasteiger partial charge in [0.25, 0.3) is 0 Å². The third kappa shape index (κ3) is 2.30. The molecule has 0 amide bonds. The number of rotatable bonds is 3. The lowest BCUT2D eigenvalue weighted by Crippen LogP contribution is -1.99. The highest BCUT2D eigenvalue weighted by Gasteiger charge is 1.97. The van der Waals surface area contributed by atoms with Gasteiger partial charge >= 0.3 is 0 Å². The summed E-state index contributed by atoms with van der Waals surface area (Å²) in [6.07, 6.45) is 5.43. The van der Waals surface area contributed by atoms with E-state index >= 15 is 0 Å². The van der Waals surface area contributed by atoms with E-state index in [2.05, 4.69) is 33.5 Å². The molecule has 0 aliphatic carbocycles. The van der Waals surface area contributed by atoms with Crippen molar-refractivity contribution in [2.45, 2.75) is 6.54 Å². The van der Waals surface area contributed by atoms with E-state index in [0.717, 1.165) is 23.1 Å². The highest BCUT2D eigenvalue weighted by Crippen LogP contribution is 2.17. The van der Waals surface area contributed by atoms with Crippen LogP contribution in [0, 0.1) is 0 Å². The smallest absolute Gasteiger partial charge is 0.0703 e. The Bertz CT molecular complexity index is 650. The molecule has 0 aliphatic heterocycles. The topological polar surface area (TPSA) is 37.8 Å². The Labute approximate surface area is 106 Å². The lowest BCUT2D eigenvalue weighted by molar-refractivity contribution is 1.13. The van der Waals surface area contributed by atoms with E-state index in [4.69, 9.17) is 0 Å². The number of pyridine rings is 2. The SMILES string of the molecule is c1cnc2ccc(NCc3ccncc3)cc2c1. The van der Waals surface area contributed by atoms with Crippen LogP contribution in [0.1, 0.15) is 5.56 Å². The number of hydrogen-bond acceptors (Lipinski definition) is 3. The molecule has 0 radical (unpaired) electrons. The van der Waals surface area contributed by atoms with Crippen molar-refractivity contribution >= 4 is 16.6 Å². The average molecular weight is 235 g/mol. The first-order valence-electron chi connectivity index (χ1n) is 5.89. The summed E-state index contributed by atoms with van der Waals surface area (Å²) < 4.78 is 0. The van der Waals surface area contributed by atoms with E-state index in [-0.39, 0.29) is 0 Å². The summed E-state index contributed by atoms with van der Waals surface area (Å²) in [6.45, 7) is 0.800. The number of fused-ring (bicyclic) bond motifs is 1. The zero-order chi connectivity index (χ0) is 12.2. The van der Waals surface area contributed by atoms with Gasteiger partial charge in [0.05, 0.1) is 5.52 Å². The van der Waals surface area contributed by atoms with Gasteiger partial charge in [-0.1, -0.05) is 6.07 Å². The second kappa shape index (κ2) is 4.84. The molecule has 1 aromatic carbocycles. The molecule has 0 aliphatic rings. The molecule has 0 spiro atoms. The van der Waals surface area contributed by atoms with Gasteiger partial charge < -0.3 is 5.32 Å². The van der Waals surface area contributed by atoms with Crippen LogP contribution in [-0.4, -0.2) is 9.97 Å². The summed E-state index contributed by atoms with van der Waals surface area (Å²) >= 11 is 0. The molecule has 3 rings (SSSR count). The highest BCUT2D eigenvalue weighted by molar-refractivity contribution is 5.82. The summed E-state index contributed by atoms with van der Waals surface area (Å²) in [5.41, 5.74) is 3.34. The Hall–Kier alpha value is -2.42. The maximum atomic E-state index is 4.30. The minimum Gasteiger partial charge on any atom is -0.381 e. The van der Waals surface area contributed by atoms with Crippen molar-refractivity contribution < 1.29 is 0 Å². The summed E-state index contributed by atoms with van der Waals surface area (Å²) in [5, 5.41) is 4.55. The minimum atomic E-state index is 0.800. The van der Waals surface area contributed by atoms with Crippen molar-refractivity contribution in [1.82, 2.24) is 9.97 Å². The molecule has 0 fully saturated rings. The third-order valence-corrected chi connectivity index (χ3v) is 2.85. The molecule has 88 valence electrons. The van der Waals surface area contributed by atoms with Crippen LogP contribution in [0.3, 0.4) is 0 Å². The zero-order valence-electron chi connectivity index (χ0n) is 9.88. The Kier molecular flexibility index (Phi) is 2.88. The van der Waals surface area contributed by atoms with Gasteiger partial charge in [-0.25, -0.2) is 0 Å². The summed E-state index contributed by atoms with van der Waals surface area (Å²) in [5.74, 6) is 0. The molecule has 3 nitrogen and oxygen atoms in total. The van der Waals surface area contributed by atoms with Crippen LogP contribution in [0.4, 0.5) is 5.69 Å². The molecule has 1 N–H and O–H groups in total. The van der Waals surface area contributed by atoms with E-state index in [1.807, 2.05) is 30.5 Å². The first-order chi connectivity index (χ1) is 8.92. The van der Waals surface area contributed by atoms with E-state index in [0.29, 0.717) is 0 Å². The molecular formula is C15H13N3.